The average Bonchev–Trinajstić information content (AvgIpc) is 2.81. The number of esters is 1. The van der Waals surface area contributed by atoms with Gasteiger partial charge >= 0.3 is 5.97 Å². The SMILES string of the molecule is COC(=O)c1cn(C2CCOC2)c(=O)cc1N. The minimum atomic E-state index is -0.546. The Kier molecular flexibility index (Phi) is 3.14. The lowest BCUT2D eigenvalue weighted by Gasteiger charge is -2.14. The van der Waals surface area contributed by atoms with E-state index in [0.29, 0.717) is 13.2 Å². The molecule has 1 atom stereocenters. The second-order valence-corrected chi connectivity index (χ2v) is 3.90. The van der Waals surface area contributed by atoms with Gasteiger partial charge in [0, 0.05) is 18.9 Å². The summed E-state index contributed by atoms with van der Waals surface area (Å²) in [5.74, 6) is -0.546. The Morgan fingerprint density at radius 1 is 1.65 bits per heavy atom. The number of methoxy groups -OCH3 is 1. The summed E-state index contributed by atoms with van der Waals surface area (Å²) in [6, 6.07) is 1.21. The number of anilines is 1. The Morgan fingerprint density at radius 3 is 3.00 bits per heavy atom. The number of ether oxygens (including phenoxy) is 2. The minimum Gasteiger partial charge on any atom is -0.465 e. The maximum absolute atomic E-state index is 11.8. The average molecular weight is 238 g/mol. The number of hydrogen-bond donors (Lipinski definition) is 1. The quantitative estimate of drug-likeness (QED) is 0.743. The van der Waals surface area contributed by atoms with Gasteiger partial charge in [-0.1, -0.05) is 0 Å². The van der Waals surface area contributed by atoms with E-state index in [4.69, 9.17) is 10.5 Å². The summed E-state index contributed by atoms with van der Waals surface area (Å²) < 4.78 is 11.3. The van der Waals surface area contributed by atoms with Gasteiger partial charge in [-0.2, -0.15) is 0 Å². The van der Waals surface area contributed by atoms with Gasteiger partial charge in [0.25, 0.3) is 5.56 Å². The molecule has 1 aromatic rings. The van der Waals surface area contributed by atoms with Crippen molar-refractivity contribution in [3.8, 4) is 0 Å². The Hall–Kier alpha value is -1.82. The van der Waals surface area contributed by atoms with E-state index in [9.17, 15) is 9.59 Å². The van der Waals surface area contributed by atoms with E-state index in [-0.39, 0.29) is 22.9 Å². The van der Waals surface area contributed by atoms with Crippen LogP contribution in [0.1, 0.15) is 22.8 Å². The molecule has 0 aromatic carbocycles. The third-order valence-corrected chi connectivity index (χ3v) is 2.82. The molecule has 1 aliphatic heterocycles. The van der Waals surface area contributed by atoms with Crippen LogP contribution in [0.25, 0.3) is 0 Å². The van der Waals surface area contributed by atoms with Crippen molar-refractivity contribution in [2.75, 3.05) is 26.1 Å². The number of nitrogens with two attached hydrogens (primary N) is 1. The van der Waals surface area contributed by atoms with Crippen molar-refractivity contribution in [2.24, 2.45) is 0 Å². The molecular weight excluding hydrogens is 224 g/mol. The predicted molar refractivity (Wildman–Crippen MR) is 60.9 cm³/mol. The first-order valence-electron chi connectivity index (χ1n) is 5.31. The third kappa shape index (κ3) is 2.16. The molecule has 0 saturated carbocycles. The number of carbonyl (C=O) groups excluding carboxylic acids is 1. The first-order valence-corrected chi connectivity index (χ1v) is 5.31. The van der Waals surface area contributed by atoms with Crippen LogP contribution in [0.5, 0.6) is 0 Å². The summed E-state index contributed by atoms with van der Waals surface area (Å²) in [7, 11) is 1.27. The Labute approximate surface area is 97.9 Å². The monoisotopic (exact) mass is 238 g/mol. The van der Waals surface area contributed by atoms with E-state index < -0.39 is 5.97 Å². The Balaban J connectivity index is 2.45. The highest BCUT2D eigenvalue weighted by Gasteiger charge is 2.21. The van der Waals surface area contributed by atoms with Gasteiger partial charge in [-0.3, -0.25) is 4.79 Å². The minimum absolute atomic E-state index is 0.0356. The van der Waals surface area contributed by atoms with Crippen LogP contribution in [0.3, 0.4) is 0 Å². The molecule has 2 heterocycles. The van der Waals surface area contributed by atoms with E-state index in [1.807, 2.05) is 0 Å². The largest absolute Gasteiger partial charge is 0.465 e. The molecule has 0 spiro atoms. The summed E-state index contributed by atoms with van der Waals surface area (Å²) in [5, 5.41) is 0. The Morgan fingerprint density at radius 2 is 2.41 bits per heavy atom. The molecule has 17 heavy (non-hydrogen) atoms. The second kappa shape index (κ2) is 4.58. The van der Waals surface area contributed by atoms with Gasteiger partial charge in [0.1, 0.15) is 0 Å². The number of hydrogen-bond acceptors (Lipinski definition) is 5. The molecule has 1 fully saturated rings. The molecule has 0 radical (unpaired) electrons. The fraction of sp³-hybridized carbons (Fsp3) is 0.455. The van der Waals surface area contributed by atoms with Crippen molar-refractivity contribution in [2.45, 2.75) is 12.5 Å². The summed E-state index contributed by atoms with van der Waals surface area (Å²) in [4.78, 5) is 23.2. The van der Waals surface area contributed by atoms with E-state index in [2.05, 4.69) is 4.74 Å². The number of carbonyl (C=O) groups is 1. The summed E-state index contributed by atoms with van der Waals surface area (Å²) in [6.07, 6.45) is 2.20. The van der Waals surface area contributed by atoms with Crippen LogP contribution < -0.4 is 11.3 Å². The molecule has 1 aliphatic rings. The summed E-state index contributed by atoms with van der Waals surface area (Å²) in [6.45, 7) is 1.10. The first-order chi connectivity index (χ1) is 8.13. The van der Waals surface area contributed by atoms with Crippen molar-refractivity contribution in [1.29, 1.82) is 0 Å². The van der Waals surface area contributed by atoms with Crippen molar-refractivity contribution in [3.05, 3.63) is 28.2 Å². The van der Waals surface area contributed by atoms with E-state index >= 15 is 0 Å². The number of pyridine rings is 1. The normalized spacial score (nSPS) is 19.2. The molecule has 2 N–H and O–H groups in total. The van der Waals surface area contributed by atoms with Gasteiger partial charge in [0.15, 0.2) is 0 Å². The predicted octanol–water partition coefficient (Wildman–Crippen LogP) is 0.178. The zero-order chi connectivity index (χ0) is 12.4. The maximum atomic E-state index is 11.8. The number of nitrogens with zero attached hydrogens (tertiary/aromatic N) is 1. The molecule has 0 bridgehead atoms. The molecular formula is C11H14N2O4. The van der Waals surface area contributed by atoms with Crippen LogP contribution in [0, 0.1) is 0 Å². The lowest BCUT2D eigenvalue weighted by Crippen LogP contribution is -2.26. The van der Waals surface area contributed by atoms with Crippen LogP contribution >= 0.6 is 0 Å². The molecule has 92 valence electrons. The van der Waals surface area contributed by atoms with Crippen LogP contribution in [-0.2, 0) is 9.47 Å². The zero-order valence-electron chi connectivity index (χ0n) is 9.51. The highest BCUT2D eigenvalue weighted by Crippen LogP contribution is 2.19. The smallest absolute Gasteiger partial charge is 0.341 e. The molecule has 1 aromatic heterocycles. The molecule has 0 aliphatic carbocycles. The fourth-order valence-electron chi connectivity index (χ4n) is 1.87. The van der Waals surface area contributed by atoms with E-state index in [0.717, 1.165) is 6.42 Å². The van der Waals surface area contributed by atoms with Crippen LogP contribution in [0.15, 0.2) is 17.1 Å². The number of rotatable bonds is 2. The van der Waals surface area contributed by atoms with Gasteiger partial charge in [-0.15, -0.1) is 0 Å². The highest BCUT2D eigenvalue weighted by molar-refractivity contribution is 5.94. The zero-order valence-corrected chi connectivity index (χ0v) is 9.51. The molecule has 1 unspecified atom stereocenters. The second-order valence-electron chi connectivity index (χ2n) is 3.90. The lowest BCUT2D eigenvalue weighted by atomic mass is 10.2. The van der Waals surface area contributed by atoms with Crippen LogP contribution in [0.4, 0.5) is 5.69 Å². The van der Waals surface area contributed by atoms with E-state index in [1.54, 1.807) is 0 Å². The van der Waals surface area contributed by atoms with E-state index in [1.165, 1.54) is 23.9 Å². The summed E-state index contributed by atoms with van der Waals surface area (Å²) in [5.41, 5.74) is 5.73. The van der Waals surface area contributed by atoms with Gasteiger partial charge < -0.3 is 19.8 Å². The van der Waals surface area contributed by atoms with Crippen LogP contribution in [-0.4, -0.2) is 30.9 Å². The van der Waals surface area contributed by atoms with Gasteiger partial charge in [0.05, 0.1) is 31.0 Å². The van der Waals surface area contributed by atoms with Crippen molar-refractivity contribution < 1.29 is 14.3 Å². The maximum Gasteiger partial charge on any atom is 0.341 e. The molecule has 0 amide bonds. The topological polar surface area (TPSA) is 83.5 Å². The van der Waals surface area contributed by atoms with Gasteiger partial charge in [-0.25, -0.2) is 4.79 Å². The number of nitrogen functional groups attached to an aromatic ring is 1. The first kappa shape index (κ1) is 11.7. The molecule has 6 heteroatoms. The summed E-state index contributed by atoms with van der Waals surface area (Å²) >= 11 is 0. The van der Waals surface area contributed by atoms with Crippen molar-refractivity contribution in [1.82, 2.24) is 4.57 Å². The third-order valence-electron chi connectivity index (χ3n) is 2.82. The number of aromatic nitrogens is 1. The van der Waals surface area contributed by atoms with Gasteiger partial charge in [0.2, 0.25) is 0 Å². The van der Waals surface area contributed by atoms with Crippen LogP contribution in [0.2, 0.25) is 0 Å². The standard InChI is InChI=1S/C11H14N2O4/c1-16-11(15)8-5-13(7-2-3-17-6-7)10(14)4-9(8)12/h4-5,7H,2-3,6,12H2,1H3. The Bertz CT molecular complexity index is 489. The van der Waals surface area contributed by atoms with Gasteiger partial charge in [-0.05, 0) is 6.42 Å². The fourth-order valence-corrected chi connectivity index (χ4v) is 1.87. The van der Waals surface area contributed by atoms with Crippen molar-refractivity contribution in [3.63, 3.8) is 0 Å². The highest BCUT2D eigenvalue weighted by atomic mass is 16.5. The molecule has 1 saturated heterocycles. The van der Waals surface area contributed by atoms with Crippen molar-refractivity contribution >= 4 is 11.7 Å². The lowest BCUT2D eigenvalue weighted by molar-refractivity contribution is 0.0600. The molecule has 2 rings (SSSR count). The molecule has 6 nitrogen and oxygen atoms in total.